The molecule has 0 unspecified atom stereocenters. The SMILES string of the molecule is CN(Cc1ccc(N)nc1)c1ccc2nnc(-c3ccsc3)n2n1. The molecule has 0 fully saturated rings. The van der Waals surface area contributed by atoms with Crippen molar-refractivity contribution in [1.82, 2.24) is 24.8 Å². The molecule has 2 N–H and O–H groups in total. The first-order valence-corrected chi connectivity index (χ1v) is 8.31. The molecule has 7 nitrogen and oxygen atoms in total. The van der Waals surface area contributed by atoms with Crippen molar-refractivity contribution in [3.05, 3.63) is 52.9 Å². The molecule has 120 valence electrons. The summed E-state index contributed by atoms with van der Waals surface area (Å²) in [6.45, 7) is 0.682. The first-order chi connectivity index (χ1) is 11.7. The van der Waals surface area contributed by atoms with Crippen LogP contribution in [0.2, 0.25) is 0 Å². The summed E-state index contributed by atoms with van der Waals surface area (Å²) in [5, 5.41) is 17.2. The molecule has 4 aromatic heterocycles. The van der Waals surface area contributed by atoms with Gasteiger partial charge >= 0.3 is 0 Å². The van der Waals surface area contributed by atoms with Crippen LogP contribution in [-0.4, -0.2) is 31.8 Å². The summed E-state index contributed by atoms with van der Waals surface area (Å²) < 4.78 is 1.77. The van der Waals surface area contributed by atoms with Gasteiger partial charge in [-0.3, -0.25) is 0 Å². The maximum atomic E-state index is 5.63. The van der Waals surface area contributed by atoms with Crippen molar-refractivity contribution in [3.8, 4) is 11.4 Å². The Kier molecular flexibility index (Phi) is 3.58. The van der Waals surface area contributed by atoms with Crippen LogP contribution < -0.4 is 10.6 Å². The minimum atomic E-state index is 0.519. The summed E-state index contributed by atoms with van der Waals surface area (Å²) in [6.07, 6.45) is 1.78. The Hall–Kier alpha value is -3.00. The highest BCUT2D eigenvalue weighted by atomic mass is 32.1. The molecule has 0 aliphatic carbocycles. The molecule has 0 aliphatic heterocycles. The summed E-state index contributed by atoms with van der Waals surface area (Å²) in [5.41, 5.74) is 8.43. The monoisotopic (exact) mass is 337 g/mol. The van der Waals surface area contributed by atoms with Crippen molar-refractivity contribution in [1.29, 1.82) is 0 Å². The Bertz CT molecular complexity index is 960. The van der Waals surface area contributed by atoms with E-state index < -0.39 is 0 Å². The molecule has 24 heavy (non-hydrogen) atoms. The van der Waals surface area contributed by atoms with Crippen molar-refractivity contribution in [2.24, 2.45) is 0 Å². The van der Waals surface area contributed by atoms with E-state index in [4.69, 9.17) is 5.73 Å². The van der Waals surface area contributed by atoms with Crippen LogP contribution in [0.4, 0.5) is 11.6 Å². The average molecular weight is 337 g/mol. The first kappa shape index (κ1) is 14.6. The molecule has 8 heteroatoms. The molecule has 0 saturated carbocycles. The minimum Gasteiger partial charge on any atom is -0.384 e. The summed E-state index contributed by atoms with van der Waals surface area (Å²) in [7, 11) is 1.99. The molecular formula is C16H15N7S. The average Bonchev–Trinajstić information content (AvgIpc) is 3.25. The number of nitrogen functional groups attached to an aromatic ring is 1. The Balaban J connectivity index is 1.66. The fourth-order valence-corrected chi connectivity index (χ4v) is 3.07. The summed E-state index contributed by atoms with van der Waals surface area (Å²) in [4.78, 5) is 6.17. The molecule has 0 amide bonds. The lowest BCUT2D eigenvalue weighted by Gasteiger charge is -2.18. The molecule has 0 aromatic carbocycles. The fraction of sp³-hybridized carbons (Fsp3) is 0.125. The molecule has 0 radical (unpaired) electrons. The number of hydrogen-bond acceptors (Lipinski definition) is 7. The van der Waals surface area contributed by atoms with E-state index >= 15 is 0 Å². The van der Waals surface area contributed by atoms with Crippen LogP contribution in [0.15, 0.2) is 47.3 Å². The number of rotatable bonds is 4. The van der Waals surface area contributed by atoms with Gasteiger partial charge in [-0.05, 0) is 35.2 Å². The van der Waals surface area contributed by atoms with E-state index in [0.29, 0.717) is 12.4 Å². The first-order valence-electron chi connectivity index (χ1n) is 7.37. The van der Waals surface area contributed by atoms with E-state index in [2.05, 4.69) is 20.3 Å². The van der Waals surface area contributed by atoms with Gasteiger partial charge in [0.25, 0.3) is 0 Å². The number of anilines is 2. The normalized spacial score (nSPS) is 11.0. The smallest absolute Gasteiger partial charge is 0.186 e. The molecule has 0 atom stereocenters. The predicted octanol–water partition coefficient (Wildman–Crippen LogP) is 2.47. The lowest BCUT2D eigenvalue weighted by molar-refractivity contribution is 0.840. The van der Waals surface area contributed by atoms with Crippen LogP contribution >= 0.6 is 11.3 Å². The minimum absolute atomic E-state index is 0.519. The molecule has 0 saturated heterocycles. The van der Waals surface area contributed by atoms with E-state index in [0.717, 1.165) is 28.4 Å². The summed E-state index contributed by atoms with van der Waals surface area (Å²) in [5.74, 6) is 2.09. The van der Waals surface area contributed by atoms with Gasteiger partial charge < -0.3 is 10.6 Å². The quantitative estimate of drug-likeness (QED) is 0.616. The summed E-state index contributed by atoms with van der Waals surface area (Å²) >= 11 is 1.62. The number of fused-ring (bicyclic) bond motifs is 1. The maximum absolute atomic E-state index is 5.63. The standard InChI is InChI=1S/C16H15N7S/c1-22(9-11-2-3-13(17)18-8-11)15-5-4-14-19-20-16(23(14)21-15)12-6-7-24-10-12/h2-8,10H,9H2,1H3,(H2,17,18). The third kappa shape index (κ3) is 2.67. The van der Waals surface area contributed by atoms with Crippen molar-refractivity contribution in [3.63, 3.8) is 0 Å². The van der Waals surface area contributed by atoms with Gasteiger partial charge in [-0.25, -0.2) is 4.98 Å². The van der Waals surface area contributed by atoms with Gasteiger partial charge in [0, 0.05) is 30.7 Å². The van der Waals surface area contributed by atoms with Crippen molar-refractivity contribution < 1.29 is 0 Å². The van der Waals surface area contributed by atoms with Crippen LogP contribution in [-0.2, 0) is 6.54 Å². The molecule has 0 aliphatic rings. The van der Waals surface area contributed by atoms with E-state index in [1.165, 1.54) is 0 Å². The third-order valence-corrected chi connectivity index (χ3v) is 4.37. The number of nitrogens with two attached hydrogens (primary N) is 1. The molecule has 0 spiro atoms. The zero-order valence-electron chi connectivity index (χ0n) is 13.0. The van der Waals surface area contributed by atoms with Crippen molar-refractivity contribution in [2.75, 3.05) is 17.7 Å². The van der Waals surface area contributed by atoms with Crippen LogP contribution in [0, 0.1) is 0 Å². The van der Waals surface area contributed by atoms with Gasteiger partial charge in [0.1, 0.15) is 11.6 Å². The number of pyridine rings is 1. The van der Waals surface area contributed by atoms with Gasteiger partial charge in [0.2, 0.25) is 0 Å². The van der Waals surface area contributed by atoms with Gasteiger partial charge in [-0.2, -0.15) is 15.9 Å². The highest BCUT2D eigenvalue weighted by Gasteiger charge is 2.12. The lowest BCUT2D eigenvalue weighted by Crippen LogP contribution is -2.19. The van der Waals surface area contributed by atoms with E-state index in [9.17, 15) is 0 Å². The second kappa shape index (κ2) is 5.89. The van der Waals surface area contributed by atoms with E-state index in [1.807, 2.05) is 47.0 Å². The van der Waals surface area contributed by atoms with E-state index in [-0.39, 0.29) is 0 Å². The largest absolute Gasteiger partial charge is 0.384 e. The summed E-state index contributed by atoms with van der Waals surface area (Å²) in [6, 6.07) is 9.63. The zero-order valence-corrected chi connectivity index (χ0v) is 13.8. The molecule has 0 bridgehead atoms. The van der Waals surface area contributed by atoms with Gasteiger partial charge in [-0.15, -0.1) is 15.3 Å². The van der Waals surface area contributed by atoms with Crippen LogP contribution in [0.3, 0.4) is 0 Å². The number of hydrogen-bond donors (Lipinski definition) is 1. The van der Waals surface area contributed by atoms with Crippen LogP contribution in [0.1, 0.15) is 5.56 Å². The number of nitrogens with zero attached hydrogens (tertiary/aromatic N) is 6. The third-order valence-electron chi connectivity index (χ3n) is 3.69. The Morgan fingerprint density at radius 3 is 2.83 bits per heavy atom. The van der Waals surface area contributed by atoms with E-state index in [1.54, 1.807) is 28.1 Å². The molecule has 4 heterocycles. The fourth-order valence-electron chi connectivity index (χ4n) is 2.44. The van der Waals surface area contributed by atoms with Crippen molar-refractivity contribution >= 4 is 28.6 Å². The van der Waals surface area contributed by atoms with Gasteiger partial charge in [-0.1, -0.05) is 6.07 Å². The second-order valence-electron chi connectivity index (χ2n) is 5.44. The predicted molar refractivity (Wildman–Crippen MR) is 94.9 cm³/mol. The Labute approximate surface area is 142 Å². The Morgan fingerprint density at radius 2 is 2.08 bits per heavy atom. The van der Waals surface area contributed by atoms with Crippen LogP contribution in [0.25, 0.3) is 17.0 Å². The lowest BCUT2D eigenvalue weighted by atomic mass is 10.2. The molecular weight excluding hydrogens is 322 g/mol. The molecule has 4 aromatic rings. The molecule has 4 rings (SSSR count). The number of thiophene rings is 1. The van der Waals surface area contributed by atoms with Gasteiger partial charge in [0.15, 0.2) is 11.5 Å². The Morgan fingerprint density at radius 1 is 1.17 bits per heavy atom. The second-order valence-corrected chi connectivity index (χ2v) is 6.22. The highest BCUT2D eigenvalue weighted by molar-refractivity contribution is 7.08. The topological polar surface area (TPSA) is 85.2 Å². The zero-order chi connectivity index (χ0) is 16.5. The van der Waals surface area contributed by atoms with Crippen molar-refractivity contribution in [2.45, 2.75) is 6.54 Å². The maximum Gasteiger partial charge on any atom is 0.186 e. The van der Waals surface area contributed by atoms with Crippen LogP contribution in [0.5, 0.6) is 0 Å². The highest BCUT2D eigenvalue weighted by Crippen LogP contribution is 2.22. The number of aromatic nitrogens is 5. The van der Waals surface area contributed by atoms with Gasteiger partial charge in [0.05, 0.1) is 0 Å².